The van der Waals surface area contributed by atoms with Crippen molar-refractivity contribution in [3.63, 3.8) is 0 Å². The fourth-order valence-electron chi connectivity index (χ4n) is 5.19. The van der Waals surface area contributed by atoms with E-state index in [1.807, 2.05) is 39.0 Å². The highest BCUT2D eigenvalue weighted by Crippen LogP contribution is 2.32. The zero-order chi connectivity index (χ0) is 28.2. The first-order valence-electron chi connectivity index (χ1n) is 12.4. The Balaban J connectivity index is 1.75. The molecule has 2 aromatic carbocycles. The normalized spacial score (nSPS) is 11.9. The Morgan fingerprint density at radius 1 is 0.821 bits per heavy atom. The molecule has 0 aliphatic rings. The van der Waals surface area contributed by atoms with Gasteiger partial charge in [0.25, 0.3) is 15.6 Å². The number of hydrogen-bond acceptors (Lipinski definition) is 7. The maximum atomic E-state index is 14.3. The molecule has 0 fully saturated rings. The van der Waals surface area contributed by atoms with Crippen molar-refractivity contribution in [3.8, 4) is 11.5 Å². The minimum atomic E-state index is -4.03. The summed E-state index contributed by atoms with van der Waals surface area (Å²) >= 11 is 0. The molecule has 0 saturated heterocycles. The summed E-state index contributed by atoms with van der Waals surface area (Å²) in [7, 11) is -1.03. The lowest BCUT2D eigenvalue weighted by molar-refractivity contribution is 0.355. The summed E-state index contributed by atoms with van der Waals surface area (Å²) in [6.07, 6.45) is 0.0527. The molecule has 39 heavy (non-hydrogen) atoms. The molecule has 1 N–H and O–H groups in total. The Morgan fingerprint density at radius 2 is 1.46 bits per heavy atom. The van der Waals surface area contributed by atoms with Crippen LogP contribution in [0.4, 0.5) is 0 Å². The van der Waals surface area contributed by atoms with Crippen molar-refractivity contribution in [2.24, 2.45) is 0 Å². The van der Waals surface area contributed by atoms with E-state index in [1.165, 1.54) is 18.2 Å². The quantitative estimate of drug-likeness (QED) is 0.329. The molecule has 0 radical (unpaired) electrons. The van der Waals surface area contributed by atoms with Gasteiger partial charge in [0.05, 0.1) is 41.1 Å². The van der Waals surface area contributed by atoms with Crippen LogP contribution in [0.15, 0.2) is 46.1 Å². The predicted octanol–water partition coefficient (Wildman–Crippen LogP) is 4.66. The van der Waals surface area contributed by atoms with Gasteiger partial charge in [0.2, 0.25) is 0 Å². The van der Waals surface area contributed by atoms with Crippen molar-refractivity contribution in [3.05, 3.63) is 86.2 Å². The van der Waals surface area contributed by atoms with Gasteiger partial charge < -0.3 is 14.5 Å². The standard InChI is InChI=1S/C29H30N4O5S/c1-15-8-17(3)28(18(4)9-15)39(35,36)33-20(11-23-24(33)10-16(2)19(5)30-23)12-27-31-22-14-26(38-7)25(37-6)13-21(22)29(34)32-27/h8-11,13-14H,12H2,1-7H3,(H,31,32,34). The summed E-state index contributed by atoms with van der Waals surface area (Å²) in [4.78, 5) is 25.4. The topological polar surface area (TPSA) is 116 Å². The summed E-state index contributed by atoms with van der Waals surface area (Å²) in [5, 5.41) is 0.336. The molecule has 0 saturated carbocycles. The van der Waals surface area contributed by atoms with Crippen LogP contribution in [0.5, 0.6) is 11.5 Å². The summed E-state index contributed by atoms with van der Waals surface area (Å²) in [5.74, 6) is 1.16. The molecular weight excluding hydrogens is 516 g/mol. The molecule has 0 spiro atoms. The number of hydrogen-bond donors (Lipinski definition) is 1. The Hall–Kier alpha value is -4.18. The highest BCUT2D eigenvalue weighted by atomic mass is 32.2. The number of aryl methyl sites for hydroxylation is 5. The van der Waals surface area contributed by atoms with Crippen LogP contribution in [0.25, 0.3) is 21.9 Å². The van der Waals surface area contributed by atoms with E-state index in [0.29, 0.717) is 56.1 Å². The number of aromatic amines is 1. The molecule has 10 heteroatoms. The number of nitrogens with zero attached hydrogens (tertiary/aromatic N) is 3. The Kier molecular flexibility index (Phi) is 6.46. The first kappa shape index (κ1) is 26.4. The van der Waals surface area contributed by atoms with Crippen molar-refractivity contribution in [2.45, 2.75) is 45.9 Å². The SMILES string of the molecule is COc1cc2nc(Cc3cc4nc(C)c(C)cc4n3S(=O)(=O)c3c(C)cc(C)cc3C)[nH]c(=O)c2cc1OC. The number of pyridine rings is 1. The number of aromatic nitrogens is 4. The summed E-state index contributed by atoms with van der Waals surface area (Å²) in [6.45, 7) is 9.33. The smallest absolute Gasteiger partial charge is 0.268 e. The van der Waals surface area contributed by atoms with Crippen LogP contribution in [0.1, 0.15) is 39.5 Å². The second-order valence-corrected chi connectivity index (χ2v) is 11.6. The Bertz CT molecular complexity index is 1930. The molecular formula is C29H30N4O5S. The van der Waals surface area contributed by atoms with E-state index >= 15 is 0 Å². The zero-order valence-corrected chi connectivity index (χ0v) is 23.8. The molecule has 0 aliphatic carbocycles. The molecule has 0 unspecified atom stereocenters. The summed E-state index contributed by atoms with van der Waals surface area (Å²) in [5.41, 5.74) is 5.50. The van der Waals surface area contributed by atoms with E-state index in [-0.39, 0.29) is 16.9 Å². The average molecular weight is 547 g/mol. The van der Waals surface area contributed by atoms with Gasteiger partial charge in [0, 0.05) is 23.9 Å². The minimum absolute atomic E-state index is 0.0527. The van der Waals surface area contributed by atoms with Crippen molar-refractivity contribution in [2.75, 3.05) is 14.2 Å². The predicted molar refractivity (Wildman–Crippen MR) is 151 cm³/mol. The van der Waals surface area contributed by atoms with E-state index in [4.69, 9.17) is 9.47 Å². The Labute approximate surface area is 226 Å². The zero-order valence-electron chi connectivity index (χ0n) is 23.0. The molecule has 0 atom stereocenters. The van der Waals surface area contributed by atoms with Crippen molar-refractivity contribution in [1.82, 2.24) is 18.9 Å². The van der Waals surface area contributed by atoms with Crippen LogP contribution >= 0.6 is 0 Å². The van der Waals surface area contributed by atoms with Gasteiger partial charge in [-0.2, -0.15) is 0 Å². The molecule has 3 aromatic heterocycles. The monoisotopic (exact) mass is 546 g/mol. The molecule has 0 amide bonds. The van der Waals surface area contributed by atoms with E-state index in [0.717, 1.165) is 16.8 Å². The highest BCUT2D eigenvalue weighted by Gasteiger charge is 2.28. The second-order valence-electron chi connectivity index (χ2n) is 9.84. The first-order chi connectivity index (χ1) is 18.4. The largest absolute Gasteiger partial charge is 0.493 e. The lowest BCUT2D eigenvalue weighted by atomic mass is 10.1. The van der Waals surface area contributed by atoms with Crippen LogP contribution in [0, 0.1) is 34.6 Å². The molecule has 5 aromatic rings. The third-order valence-electron chi connectivity index (χ3n) is 6.97. The molecule has 9 nitrogen and oxygen atoms in total. The van der Waals surface area contributed by atoms with Gasteiger partial charge >= 0.3 is 0 Å². The first-order valence-corrected chi connectivity index (χ1v) is 13.9. The third-order valence-corrected chi connectivity index (χ3v) is 9.04. The van der Waals surface area contributed by atoms with Crippen LogP contribution in [0.2, 0.25) is 0 Å². The number of benzene rings is 2. The summed E-state index contributed by atoms with van der Waals surface area (Å²) < 4.78 is 40.7. The maximum absolute atomic E-state index is 14.3. The lowest BCUT2D eigenvalue weighted by Crippen LogP contribution is -2.20. The number of rotatable bonds is 6. The van der Waals surface area contributed by atoms with Gasteiger partial charge in [-0.3, -0.25) is 9.78 Å². The fraction of sp³-hybridized carbons (Fsp3) is 0.276. The third kappa shape index (κ3) is 4.44. The van der Waals surface area contributed by atoms with Crippen LogP contribution in [-0.2, 0) is 16.4 Å². The van der Waals surface area contributed by atoms with Crippen LogP contribution in [0.3, 0.4) is 0 Å². The molecule has 202 valence electrons. The van der Waals surface area contributed by atoms with Crippen LogP contribution < -0.4 is 15.0 Å². The fourth-order valence-corrected chi connectivity index (χ4v) is 7.14. The van der Waals surface area contributed by atoms with Gasteiger partial charge in [-0.15, -0.1) is 0 Å². The number of fused-ring (bicyclic) bond motifs is 2. The van der Waals surface area contributed by atoms with E-state index in [1.54, 1.807) is 32.0 Å². The summed E-state index contributed by atoms with van der Waals surface area (Å²) in [6, 6.07) is 10.5. The number of H-pyrrole nitrogens is 1. The number of methoxy groups -OCH3 is 2. The molecule has 0 aliphatic heterocycles. The lowest BCUT2D eigenvalue weighted by Gasteiger charge is -2.17. The van der Waals surface area contributed by atoms with Gasteiger partial charge in [0.15, 0.2) is 11.5 Å². The molecule has 0 bridgehead atoms. The van der Waals surface area contributed by atoms with Gasteiger partial charge in [-0.1, -0.05) is 17.7 Å². The molecule has 3 heterocycles. The minimum Gasteiger partial charge on any atom is -0.493 e. The van der Waals surface area contributed by atoms with Gasteiger partial charge in [0.1, 0.15) is 5.82 Å². The van der Waals surface area contributed by atoms with Crippen LogP contribution in [-0.4, -0.2) is 41.6 Å². The number of ether oxygens (including phenoxy) is 2. The van der Waals surface area contributed by atoms with Crippen molar-refractivity contribution < 1.29 is 17.9 Å². The maximum Gasteiger partial charge on any atom is 0.268 e. The van der Waals surface area contributed by atoms with E-state index in [2.05, 4.69) is 15.0 Å². The van der Waals surface area contributed by atoms with Gasteiger partial charge in [-0.25, -0.2) is 17.4 Å². The molecule has 5 rings (SSSR count). The van der Waals surface area contributed by atoms with Crippen molar-refractivity contribution >= 4 is 32.0 Å². The Morgan fingerprint density at radius 3 is 2.10 bits per heavy atom. The highest BCUT2D eigenvalue weighted by molar-refractivity contribution is 7.90. The second kappa shape index (κ2) is 9.53. The average Bonchev–Trinajstić information content (AvgIpc) is 3.19. The van der Waals surface area contributed by atoms with Crippen molar-refractivity contribution in [1.29, 1.82) is 0 Å². The van der Waals surface area contributed by atoms with Gasteiger partial charge in [-0.05, 0) is 69.5 Å². The number of nitrogens with one attached hydrogen (secondary N) is 1. The van der Waals surface area contributed by atoms with E-state index in [9.17, 15) is 13.2 Å². The van der Waals surface area contributed by atoms with E-state index < -0.39 is 10.0 Å².